The van der Waals surface area contributed by atoms with Crippen molar-refractivity contribution in [3.63, 3.8) is 0 Å². The first kappa shape index (κ1) is 14.9. The summed E-state index contributed by atoms with van der Waals surface area (Å²) in [7, 11) is 0. The first-order valence-corrected chi connectivity index (χ1v) is 8.26. The van der Waals surface area contributed by atoms with E-state index in [9.17, 15) is 0 Å². The van der Waals surface area contributed by atoms with E-state index >= 15 is 0 Å². The van der Waals surface area contributed by atoms with Crippen LogP contribution in [0.2, 0.25) is 0 Å². The van der Waals surface area contributed by atoms with Gasteiger partial charge in [0.05, 0.1) is 6.10 Å². The normalized spacial score (nSPS) is 23.6. The van der Waals surface area contributed by atoms with E-state index < -0.39 is 0 Å². The Kier molecular flexibility index (Phi) is 4.51. The number of fused-ring (bicyclic) bond motifs is 1. The number of para-hydroxylation sites is 1. The van der Waals surface area contributed by atoms with Gasteiger partial charge in [0.1, 0.15) is 11.4 Å². The van der Waals surface area contributed by atoms with E-state index in [0.29, 0.717) is 6.10 Å². The number of rotatable bonds is 5. The molecule has 3 rings (SSSR count). The Bertz CT molecular complexity index is 478. The molecule has 0 aromatic heterocycles. The summed E-state index contributed by atoms with van der Waals surface area (Å²) in [5.74, 6) is 1.10. The number of nitrogens with one attached hydrogen (secondary N) is 1. The third-order valence-electron chi connectivity index (χ3n) is 4.41. The number of hydrogen-bond acceptors (Lipinski definition) is 3. The van der Waals surface area contributed by atoms with Crippen LogP contribution in [0.5, 0.6) is 5.75 Å². The summed E-state index contributed by atoms with van der Waals surface area (Å²) in [5, 5.41) is 3.55. The summed E-state index contributed by atoms with van der Waals surface area (Å²) in [4.78, 5) is 0. The first-order chi connectivity index (χ1) is 10.1. The topological polar surface area (TPSA) is 30.5 Å². The summed E-state index contributed by atoms with van der Waals surface area (Å²) in [6, 6.07) is 6.50. The van der Waals surface area contributed by atoms with E-state index in [2.05, 4.69) is 37.4 Å². The molecule has 3 nitrogen and oxygen atoms in total. The van der Waals surface area contributed by atoms with Gasteiger partial charge in [0.2, 0.25) is 0 Å². The molecule has 1 atom stereocenters. The zero-order valence-electron chi connectivity index (χ0n) is 13.3. The molecule has 2 aliphatic rings. The first-order valence-electron chi connectivity index (χ1n) is 8.26. The average Bonchev–Trinajstić information content (AvgIpc) is 2.79. The molecule has 1 unspecified atom stereocenters. The molecule has 1 fully saturated rings. The van der Waals surface area contributed by atoms with Crippen molar-refractivity contribution in [2.75, 3.05) is 13.2 Å². The maximum Gasteiger partial charge on any atom is 0.127 e. The lowest BCUT2D eigenvalue weighted by atomic mass is 10.0. The van der Waals surface area contributed by atoms with Gasteiger partial charge < -0.3 is 14.8 Å². The highest BCUT2D eigenvalue weighted by Gasteiger charge is 2.31. The Hall–Kier alpha value is -1.06. The lowest BCUT2D eigenvalue weighted by Gasteiger charge is -2.22. The van der Waals surface area contributed by atoms with Gasteiger partial charge in [-0.2, -0.15) is 0 Å². The Morgan fingerprint density at radius 3 is 3.00 bits per heavy atom. The van der Waals surface area contributed by atoms with Crippen LogP contribution in [0.4, 0.5) is 0 Å². The fraction of sp³-hybridized carbons (Fsp3) is 0.667. The smallest absolute Gasteiger partial charge is 0.127 e. The van der Waals surface area contributed by atoms with Crippen LogP contribution in [0.25, 0.3) is 0 Å². The van der Waals surface area contributed by atoms with E-state index in [1.807, 2.05) is 0 Å². The Labute approximate surface area is 128 Å². The molecule has 1 aromatic carbocycles. The van der Waals surface area contributed by atoms with Crippen molar-refractivity contribution in [1.29, 1.82) is 0 Å². The zero-order valence-corrected chi connectivity index (χ0v) is 13.3. The predicted octanol–water partition coefficient (Wildman–Crippen LogP) is 3.45. The van der Waals surface area contributed by atoms with Crippen LogP contribution < -0.4 is 10.1 Å². The Balaban J connectivity index is 1.49. The lowest BCUT2D eigenvalue weighted by Crippen LogP contribution is -2.26. The SMILES string of the molecule is CC1(C)Cc2cccc(CNCCC3CCCCO3)c2O1. The van der Waals surface area contributed by atoms with Crippen LogP contribution in [0, 0.1) is 0 Å². The molecule has 1 aromatic rings. The van der Waals surface area contributed by atoms with Crippen molar-refractivity contribution in [1.82, 2.24) is 5.32 Å². The standard InChI is InChI=1S/C18H27NO2/c1-18(2)12-14-6-5-7-15(17(14)21-18)13-19-10-9-16-8-3-4-11-20-16/h5-7,16,19H,3-4,8-13H2,1-2H3. The van der Waals surface area contributed by atoms with Crippen LogP contribution in [0.3, 0.4) is 0 Å². The van der Waals surface area contributed by atoms with Crippen LogP contribution in [-0.2, 0) is 17.7 Å². The minimum absolute atomic E-state index is 0.0611. The third-order valence-corrected chi connectivity index (χ3v) is 4.41. The second-order valence-corrected chi connectivity index (χ2v) is 6.90. The molecule has 2 aliphatic heterocycles. The van der Waals surface area contributed by atoms with Crippen molar-refractivity contribution in [2.45, 2.75) is 64.2 Å². The van der Waals surface area contributed by atoms with Gasteiger partial charge in [-0.15, -0.1) is 0 Å². The van der Waals surface area contributed by atoms with Crippen molar-refractivity contribution in [2.24, 2.45) is 0 Å². The van der Waals surface area contributed by atoms with Crippen molar-refractivity contribution in [3.8, 4) is 5.75 Å². The second kappa shape index (κ2) is 6.37. The minimum atomic E-state index is -0.0611. The molecule has 1 saturated heterocycles. The Morgan fingerprint density at radius 2 is 2.19 bits per heavy atom. The van der Waals surface area contributed by atoms with Gasteiger partial charge in [0.25, 0.3) is 0 Å². The van der Waals surface area contributed by atoms with Gasteiger partial charge in [0, 0.05) is 25.1 Å². The van der Waals surface area contributed by atoms with E-state index in [1.165, 1.54) is 30.4 Å². The highest BCUT2D eigenvalue weighted by atomic mass is 16.5. The monoisotopic (exact) mass is 289 g/mol. The van der Waals surface area contributed by atoms with E-state index in [1.54, 1.807) is 0 Å². The van der Waals surface area contributed by atoms with Gasteiger partial charge in [0.15, 0.2) is 0 Å². The van der Waals surface area contributed by atoms with Gasteiger partial charge in [-0.3, -0.25) is 0 Å². The molecular formula is C18H27NO2. The second-order valence-electron chi connectivity index (χ2n) is 6.90. The largest absolute Gasteiger partial charge is 0.487 e. The van der Waals surface area contributed by atoms with E-state index in [0.717, 1.165) is 38.3 Å². The van der Waals surface area contributed by atoms with E-state index in [-0.39, 0.29) is 5.60 Å². The summed E-state index contributed by atoms with van der Waals surface area (Å²) < 4.78 is 11.9. The molecule has 2 heterocycles. The molecule has 3 heteroatoms. The minimum Gasteiger partial charge on any atom is -0.487 e. The quantitative estimate of drug-likeness (QED) is 0.842. The maximum atomic E-state index is 6.11. The summed E-state index contributed by atoms with van der Waals surface area (Å²) >= 11 is 0. The molecule has 0 bridgehead atoms. The third kappa shape index (κ3) is 3.78. The Morgan fingerprint density at radius 1 is 1.29 bits per heavy atom. The summed E-state index contributed by atoms with van der Waals surface area (Å²) in [6.45, 7) is 7.15. The average molecular weight is 289 g/mol. The zero-order chi connectivity index (χ0) is 14.7. The van der Waals surface area contributed by atoms with Crippen LogP contribution in [0.1, 0.15) is 50.7 Å². The van der Waals surface area contributed by atoms with Crippen LogP contribution in [0.15, 0.2) is 18.2 Å². The van der Waals surface area contributed by atoms with Gasteiger partial charge >= 0.3 is 0 Å². The van der Waals surface area contributed by atoms with Gasteiger partial charge in [-0.05, 0) is 51.6 Å². The predicted molar refractivity (Wildman–Crippen MR) is 84.8 cm³/mol. The van der Waals surface area contributed by atoms with Gasteiger partial charge in [-0.25, -0.2) is 0 Å². The van der Waals surface area contributed by atoms with Crippen molar-refractivity contribution >= 4 is 0 Å². The molecule has 0 aliphatic carbocycles. The fourth-order valence-electron chi connectivity index (χ4n) is 3.34. The summed E-state index contributed by atoms with van der Waals surface area (Å²) in [5.41, 5.74) is 2.56. The highest BCUT2D eigenvalue weighted by molar-refractivity contribution is 5.45. The fourth-order valence-corrected chi connectivity index (χ4v) is 3.34. The molecule has 21 heavy (non-hydrogen) atoms. The van der Waals surface area contributed by atoms with Crippen LogP contribution in [-0.4, -0.2) is 24.9 Å². The molecule has 0 amide bonds. The van der Waals surface area contributed by atoms with Crippen molar-refractivity contribution in [3.05, 3.63) is 29.3 Å². The van der Waals surface area contributed by atoms with E-state index in [4.69, 9.17) is 9.47 Å². The molecule has 1 N–H and O–H groups in total. The van der Waals surface area contributed by atoms with Crippen LogP contribution >= 0.6 is 0 Å². The maximum absolute atomic E-state index is 6.11. The lowest BCUT2D eigenvalue weighted by molar-refractivity contribution is 0.0115. The highest BCUT2D eigenvalue weighted by Crippen LogP contribution is 2.37. The number of hydrogen-bond donors (Lipinski definition) is 1. The number of benzene rings is 1. The van der Waals surface area contributed by atoms with Gasteiger partial charge in [-0.1, -0.05) is 18.2 Å². The molecule has 0 radical (unpaired) electrons. The molecule has 0 saturated carbocycles. The number of ether oxygens (including phenoxy) is 2. The summed E-state index contributed by atoms with van der Waals surface area (Å²) in [6.07, 6.45) is 6.35. The molecular weight excluding hydrogens is 262 g/mol. The molecule has 116 valence electrons. The van der Waals surface area contributed by atoms with Crippen molar-refractivity contribution < 1.29 is 9.47 Å². The molecule has 0 spiro atoms.